The van der Waals surface area contributed by atoms with E-state index in [4.69, 9.17) is 9.79 Å². The van der Waals surface area contributed by atoms with E-state index < -0.39 is 7.82 Å². The van der Waals surface area contributed by atoms with Gasteiger partial charge in [0.25, 0.3) is 0 Å². The molecule has 1 unspecified atom stereocenters. The molecule has 2 aromatic carbocycles. The highest BCUT2D eigenvalue weighted by molar-refractivity contribution is 7.46. The molecule has 0 radical (unpaired) electrons. The Labute approximate surface area is 127 Å². The van der Waals surface area contributed by atoms with Gasteiger partial charge in [-0.1, -0.05) is 25.1 Å². The first-order valence-corrected chi connectivity index (χ1v) is 8.13. The molecule has 0 amide bonds. The average molecular weight is 324 g/mol. The van der Waals surface area contributed by atoms with Crippen molar-refractivity contribution in [1.29, 1.82) is 0 Å². The second-order valence-electron chi connectivity index (χ2n) is 5.07. The largest absolute Gasteiger partial charge is 0.524 e. The lowest BCUT2D eigenvalue weighted by Crippen LogP contribution is -2.01. The number of phenols is 2. The Morgan fingerprint density at radius 3 is 2.23 bits per heavy atom. The average Bonchev–Trinajstić information content (AvgIpc) is 2.41. The predicted molar refractivity (Wildman–Crippen MR) is 81.0 cm³/mol. The molecule has 0 bridgehead atoms. The molecule has 2 aromatic rings. The van der Waals surface area contributed by atoms with Gasteiger partial charge < -0.3 is 14.7 Å². The zero-order valence-electron chi connectivity index (χ0n) is 11.9. The minimum Gasteiger partial charge on any atom is -0.508 e. The molecule has 0 fully saturated rings. The van der Waals surface area contributed by atoms with E-state index in [0.717, 1.165) is 5.56 Å². The molecule has 0 aliphatic heterocycles. The quantitative estimate of drug-likeness (QED) is 0.630. The number of phosphoric ester groups is 1. The van der Waals surface area contributed by atoms with Crippen molar-refractivity contribution in [3.05, 3.63) is 53.6 Å². The van der Waals surface area contributed by atoms with Crippen LogP contribution in [0.3, 0.4) is 0 Å². The van der Waals surface area contributed by atoms with Crippen molar-refractivity contribution < 1.29 is 29.1 Å². The summed E-state index contributed by atoms with van der Waals surface area (Å²) in [6.07, 6.45) is 0.459. The van der Waals surface area contributed by atoms with Crippen molar-refractivity contribution in [3.8, 4) is 17.2 Å². The first-order valence-electron chi connectivity index (χ1n) is 6.60. The fourth-order valence-corrected chi connectivity index (χ4v) is 2.60. The van der Waals surface area contributed by atoms with Crippen LogP contribution in [0, 0.1) is 0 Å². The summed E-state index contributed by atoms with van der Waals surface area (Å²) in [5, 5.41) is 18.8. The molecule has 0 aliphatic rings. The molecule has 0 spiro atoms. The molecule has 118 valence electrons. The van der Waals surface area contributed by atoms with E-state index in [2.05, 4.69) is 4.52 Å². The second-order valence-corrected chi connectivity index (χ2v) is 6.23. The van der Waals surface area contributed by atoms with Crippen LogP contribution in [0.25, 0.3) is 0 Å². The number of phosphoric acid groups is 1. The standard InChI is InChI=1S/C15H17O6P/c1-10(11-2-5-13(16)6-3-11)8-12-4-7-14(17)9-15(12)21-22(18,19)20/h2-7,9-10,16-17H,8H2,1H3,(H2,18,19,20). The molecule has 7 heteroatoms. The third kappa shape index (κ3) is 4.49. The lowest BCUT2D eigenvalue weighted by Gasteiger charge is -2.16. The number of rotatable bonds is 5. The first-order chi connectivity index (χ1) is 10.2. The summed E-state index contributed by atoms with van der Waals surface area (Å²) in [4.78, 5) is 17.9. The van der Waals surface area contributed by atoms with Gasteiger partial charge in [-0.2, -0.15) is 0 Å². The van der Waals surface area contributed by atoms with Crippen LogP contribution < -0.4 is 4.52 Å². The Kier molecular flexibility index (Phi) is 4.76. The van der Waals surface area contributed by atoms with E-state index >= 15 is 0 Å². The Morgan fingerprint density at radius 2 is 1.64 bits per heavy atom. The number of benzene rings is 2. The van der Waals surface area contributed by atoms with Crippen LogP contribution in [0.2, 0.25) is 0 Å². The predicted octanol–water partition coefficient (Wildman–Crippen LogP) is 2.92. The van der Waals surface area contributed by atoms with E-state index in [1.54, 1.807) is 30.3 Å². The highest BCUT2D eigenvalue weighted by Gasteiger charge is 2.20. The fourth-order valence-electron chi connectivity index (χ4n) is 2.18. The first kappa shape index (κ1) is 16.4. The van der Waals surface area contributed by atoms with Crippen molar-refractivity contribution >= 4 is 7.82 Å². The molecular formula is C15H17O6P. The van der Waals surface area contributed by atoms with Gasteiger partial charge in [0.1, 0.15) is 17.2 Å². The van der Waals surface area contributed by atoms with Crippen LogP contribution >= 0.6 is 7.82 Å². The van der Waals surface area contributed by atoms with Crippen molar-refractivity contribution in [3.63, 3.8) is 0 Å². The van der Waals surface area contributed by atoms with Gasteiger partial charge in [0.15, 0.2) is 0 Å². The summed E-state index contributed by atoms with van der Waals surface area (Å²) in [6.45, 7) is 1.94. The fraction of sp³-hybridized carbons (Fsp3) is 0.200. The van der Waals surface area contributed by atoms with Crippen LogP contribution in [0.15, 0.2) is 42.5 Å². The molecule has 0 aliphatic carbocycles. The van der Waals surface area contributed by atoms with Gasteiger partial charge in [-0.3, -0.25) is 9.79 Å². The van der Waals surface area contributed by atoms with E-state index in [0.29, 0.717) is 12.0 Å². The van der Waals surface area contributed by atoms with Gasteiger partial charge in [0.05, 0.1) is 0 Å². The topological polar surface area (TPSA) is 107 Å². The van der Waals surface area contributed by atoms with E-state index in [9.17, 15) is 14.8 Å². The molecule has 0 heterocycles. The highest BCUT2D eigenvalue weighted by atomic mass is 31.2. The summed E-state index contributed by atoms with van der Waals surface area (Å²) < 4.78 is 15.7. The monoisotopic (exact) mass is 324 g/mol. The smallest absolute Gasteiger partial charge is 0.508 e. The summed E-state index contributed by atoms with van der Waals surface area (Å²) >= 11 is 0. The van der Waals surface area contributed by atoms with Crippen molar-refractivity contribution in [2.24, 2.45) is 0 Å². The van der Waals surface area contributed by atoms with Crippen LogP contribution in [0.1, 0.15) is 24.0 Å². The number of aromatic hydroxyl groups is 2. The maximum atomic E-state index is 11.0. The summed E-state index contributed by atoms with van der Waals surface area (Å²) in [5.74, 6) is 0.0267. The van der Waals surface area contributed by atoms with Gasteiger partial charge >= 0.3 is 7.82 Å². The van der Waals surface area contributed by atoms with E-state index in [1.165, 1.54) is 12.1 Å². The van der Waals surface area contributed by atoms with E-state index in [-0.39, 0.29) is 23.2 Å². The molecule has 6 nitrogen and oxygen atoms in total. The number of hydrogen-bond donors (Lipinski definition) is 4. The molecule has 0 saturated heterocycles. The van der Waals surface area contributed by atoms with Crippen LogP contribution in [0.5, 0.6) is 17.2 Å². The van der Waals surface area contributed by atoms with Crippen LogP contribution in [0.4, 0.5) is 0 Å². The van der Waals surface area contributed by atoms with Crippen LogP contribution in [-0.2, 0) is 11.0 Å². The minimum absolute atomic E-state index is 0.0317. The highest BCUT2D eigenvalue weighted by Crippen LogP contribution is 2.41. The molecule has 0 aromatic heterocycles. The van der Waals surface area contributed by atoms with Gasteiger partial charge in [-0.05, 0) is 41.7 Å². The summed E-state index contributed by atoms with van der Waals surface area (Å²) in [5.41, 5.74) is 1.54. The van der Waals surface area contributed by atoms with Gasteiger partial charge in [-0.15, -0.1) is 0 Å². The molecule has 0 saturated carbocycles. The number of phenolic OH excluding ortho intramolecular Hbond substituents is 2. The molecule has 22 heavy (non-hydrogen) atoms. The zero-order chi connectivity index (χ0) is 16.3. The molecule has 4 N–H and O–H groups in total. The lowest BCUT2D eigenvalue weighted by molar-refractivity contribution is 0.281. The summed E-state index contributed by atoms with van der Waals surface area (Å²) in [6, 6.07) is 10.9. The van der Waals surface area contributed by atoms with Gasteiger partial charge in [0.2, 0.25) is 0 Å². The van der Waals surface area contributed by atoms with Crippen molar-refractivity contribution in [1.82, 2.24) is 0 Å². The Morgan fingerprint density at radius 1 is 1.05 bits per heavy atom. The summed E-state index contributed by atoms with van der Waals surface area (Å²) in [7, 11) is -4.70. The molecular weight excluding hydrogens is 307 g/mol. The minimum atomic E-state index is -4.70. The van der Waals surface area contributed by atoms with Crippen molar-refractivity contribution in [2.45, 2.75) is 19.3 Å². The molecule has 2 rings (SSSR count). The third-order valence-electron chi connectivity index (χ3n) is 3.26. The Hall–Kier alpha value is -2.01. The van der Waals surface area contributed by atoms with Gasteiger partial charge in [0, 0.05) is 6.07 Å². The molecule has 1 atom stereocenters. The van der Waals surface area contributed by atoms with Gasteiger partial charge in [-0.25, -0.2) is 4.57 Å². The second kappa shape index (κ2) is 6.40. The lowest BCUT2D eigenvalue weighted by atomic mass is 9.93. The van der Waals surface area contributed by atoms with Crippen LogP contribution in [-0.4, -0.2) is 20.0 Å². The number of hydrogen-bond acceptors (Lipinski definition) is 4. The Bertz CT molecular complexity index is 692. The maximum Gasteiger partial charge on any atom is 0.524 e. The van der Waals surface area contributed by atoms with E-state index in [1.807, 2.05) is 6.92 Å². The SMILES string of the molecule is CC(Cc1ccc(O)cc1OP(=O)(O)O)c1ccc(O)cc1. The maximum absolute atomic E-state index is 11.0. The third-order valence-corrected chi connectivity index (χ3v) is 3.69. The zero-order valence-corrected chi connectivity index (χ0v) is 12.8. The Balaban J connectivity index is 2.24. The van der Waals surface area contributed by atoms with Crippen molar-refractivity contribution in [2.75, 3.05) is 0 Å². The normalized spacial score (nSPS) is 12.9.